The molecule has 0 saturated heterocycles. The molecule has 0 bridgehead atoms. The number of rotatable bonds is 9. The van der Waals surface area contributed by atoms with Crippen LogP contribution < -0.4 is 20.1 Å². The van der Waals surface area contributed by atoms with Crippen molar-refractivity contribution in [3.63, 3.8) is 0 Å². The van der Waals surface area contributed by atoms with Crippen LogP contribution in [0.15, 0.2) is 78.9 Å². The second kappa shape index (κ2) is 9.80. The third-order valence-electron chi connectivity index (χ3n) is 4.79. The van der Waals surface area contributed by atoms with Gasteiger partial charge in [0.1, 0.15) is 17.2 Å². The molecule has 1 aliphatic rings. The summed E-state index contributed by atoms with van der Waals surface area (Å²) in [7, 11) is 0. The van der Waals surface area contributed by atoms with Crippen LogP contribution in [0.3, 0.4) is 0 Å². The molecule has 1 aliphatic carbocycles. The van der Waals surface area contributed by atoms with Crippen molar-refractivity contribution >= 4 is 17.5 Å². The third kappa shape index (κ3) is 6.34. The molecule has 6 heteroatoms. The van der Waals surface area contributed by atoms with Crippen molar-refractivity contribution in [1.29, 1.82) is 0 Å². The smallest absolute Gasteiger partial charge is 0.258 e. The highest BCUT2D eigenvalue weighted by Crippen LogP contribution is 2.30. The summed E-state index contributed by atoms with van der Waals surface area (Å²) in [5, 5.41) is 5.71. The van der Waals surface area contributed by atoms with Gasteiger partial charge in [0.2, 0.25) is 5.91 Å². The van der Waals surface area contributed by atoms with E-state index in [9.17, 15) is 9.59 Å². The Balaban J connectivity index is 1.24. The fourth-order valence-electron chi connectivity index (χ4n) is 3.00. The SMILES string of the molecule is O=C(COc1cccc(NC(=O)C2CC2)c1)NCc1cccc(Oc2ccccc2)c1. The summed E-state index contributed by atoms with van der Waals surface area (Å²) in [5.41, 5.74) is 1.59. The standard InChI is InChI=1S/C25H24N2O4/c28-24(17-30-22-10-5-7-20(15-22)27-25(29)19-12-13-19)26-16-18-6-4-11-23(14-18)31-21-8-2-1-3-9-21/h1-11,14-15,19H,12-13,16-17H2,(H,26,28)(H,27,29). The number of amides is 2. The Kier molecular flexibility index (Phi) is 6.47. The number of carbonyl (C=O) groups excluding carboxylic acids is 2. The van der Waals surface area contributed by atoms with Gasteiger partial charge in [-0.25, -0.2) is 0 Å². The summed E-state index contributed by atoms with van der Waals surface area (Å²) in [5.74, 6) is 1.93. The van der Waals surface area contributed by atoms with E-state index < -0.39 is 0 Å². The van der Waals surface area contributed by atoms with E-state index in [0.717, 1.165) is 24.2 Å². The molecule has 31 heavy (non-hydrogen) atoms. The number of hydrogen-bond donors (Lipinski definition) is 2. The van der Waals surface area contributed by atoms with Gasteiger partial charge in [0.05, 0.1) is 0 Å². The quantitative estimate of drug-likeness (QED) is 0.538. The van der Waals surface area contributed by atoms with Gasteiger partial charge in [-0.15, -0.1) is 0 Å². The Morgan fingerprint density at radius 3 is 2.39 bits per heavy atom. The predicted octanol–water partition coefficient (Wildman–Crippen LogP) is 4.52. The first kappa shape index (κ1) is 20.5. The van der Waals surface area contributed by atoms with E-state index >= 15 is 0 Å². The lowest BCUT2D eigenvalue weighted by Crippen LogP contribution is -2.28. The predicted molar refractivity (Wildman–Crippen MR) is 118 cm³/mol. The maximum absolute atomic E-state index is 12.2. The van der Waals surface area contributed by atoms with E-state index in [2.05, 4.69) is 10.6 Å². The second-order valence-corrected chi connectivity index (χ2v) is 7.42. The van der Waals surface area contributed by atoms with E-state index in [1.54, 1.807) is 24.3 Å². The molecule has 0 aromatic heterocycles. The van der Waals surface area contributed by atoms with E-state index in [-0.39, 0.29) is 24.3 Å². The molecule has 0 spiro atoms. The van der Waals surface area contributed by atoms with Gasteiger partial charge < -0.3 is 20.1 Å². The topological polar surface area (TPSA) is 76.7 Å². The monoisotopic (exact) mass is 416 g/mol. The molecule has 0 heterocycles. The highest BCUT2D eigenvalue weighted by molar-refractivity contribution is 5.94. The van der Waals surface area contributed by atoms with Crippen molar-refractivity contribution in [2.45, 2.75) is 19.4 Å². The molecule has 4 rings (SSSR count). The molecule has 2 amide bonds. The summed E-state index contributed by atoms with van der Waals surface area (Å²) >= 11 is 0. The molecule has 0 atom stereocenters. The molecular weight excluding hydrogens is 392 g/mol. The van der Waals surface area contributed by atoms with E-state index in [4.69, 9.17) is 9.47 Å². The molecule has 3 aromatic carbocycles. The van der Waals surface area contributed by atoms with Crippen LogP contribution in [-0.2, 0) is 16.1 Å². The summed E-state index contributed by atoms with van der Waals surface area (Å²) in [6.45, 7) is 0.256. The lowest BCUT2D eigenvalue weighted by atomic mass is 10.2. The first-order chi connectivity index (χ1) is 15.2. The summed E-state index contributed by atoms with van der Waals surface area (Å²) < 4.78 is 11.4. The Bertz CT molecular complexity index is 1050. The molecule has 1 saturated carbocycles. The number of carbonyl (C=O) groups is 2. The summed E-state index contributed by atoms with van der Waals surface area (Å²) in [6, 6.07) is 24.2. The van der Waals surface area contributed by atoms with E-state index in [1.807, 2.05) is 54.6 Å². The van der Waals surface area contributed by atoms with Crippen molar-refractivity contribution in [1.82, 2.24) is 5.32 Å². The minimum atomic E-state index is -0.234. The minimum Gasteiger partial charge on any atom is -0.484 e. The van der Waals surface area contributed by atoms with Crippen LogP contribution in [-0.4, -0.2) is 18.4 Å². The van der Waals surface area contributed by atoms with E-state index in [0.29, 0.717) is 23.7 Å². The Hall–Kier alpha value is -3.80. The number of benzene rings is 3. The molecule has 1 fully saturated rings. The third-order valence-corrected chi connectivity index (χ3v) is 4.79. The highest BCUT2D eigenvalue weighted by Gasteiger charge is 2.29. The van der Waals surface area contributed by atoms with Crippen LogP contribution in [0.1, 0.15) is 18.4 Å². The number of anilines is 1. The molecular formula is C25H24N2O4. The maximum Gasteiger partial charge on any atom is 0.258 e. The van der Waals surface area contributed by atoms with Crippen molar-refractivity contribution in [2.75, 3.05) is 11.9 Å². The van der Waals surface area contributed by atoms with Crippen LogP contribution in [0, 0.1) is 5.92 Å². The summed E-state index contributed by atoms with van der Waals surface area (Å²) in [6.07, 6.45) is 1.90. The van der Waals surface area contributed by atoms with Gasteiger partial charge in [-0.2, -0.15) is 0 Å². The zero-order valence-electron chi connectivity index (χ0n) is 17.0. The average Bonchev–Trinajstić information content (AvgIpc) is 3.63. The number of nitrogens with one attached hydrogen (secondary N) is 2. The molecule has 0 aliphatic heterocycles. The fraction of sp³-hybridized carbons (Fsp3) is 0.200. The van der Waals surface area contributed by atoms with Crippen LogP contribution in [0.4, 0.5) is 5.69 Å². The van der Waals surface area contributed by atoms with E-state index in [1.165, 1.54) is 0 Å². The van der Waals surface area contributed by atoms with Gasteiger partial charge in [-0.3, -0.25) is 9.59 Å². The normalized spacial score (nSPS) is 12.6. The van der Waals surface area contributed by atoms with Gasteiger partial charge in [0.25, 0.3) is 5.91 Å². The van der Waals surface area contributed by atoms with Gasteiger partial charge in [-0.05, 0) is 54.8 Å². The Morgan fingerprint density at radius 2 is 1.58 bits per heavy atom. The van der Waals surface area contributed by atoms with Gasteiger partial charge in [0.15, 0.2) is 6.61 Å². The molecule has 6 nitrogen and oxygen atoms in total. The lowest BCUT2D eigenvalue weighted by molar-refractivity contribution is -0.123. The molecule has 0 unspecified atom stereocenters. The fourth-order valence-corrected chi connectivity index (χ4v) is 3.00. The number of ether oxygens (including phenoxy) is 2. The molecule has 0 radical (unpaired) electrons. The first-order valence-corrected chi connectivity index (χ1v) is 10.3. The number of hydrogen-bond acceptors (Lipinski definition) is 4. The van der Waals surface area contributed by atoms with Crippen LogP contribution in [0.5, 0.6) is 17.2 Å². The van der Waals surface area contributed by atoms with Gasteiger partial charge >= 0.3 is 0 Å². The molecule has 3 aromatic rings. The second-order valence-electron chi connectivity index (χ2n) is 7.42. The first-order valence-electron chi connectivity index (χ1n) is 10.3. The van der Waals surface area contributed by atoms with Crippen molar-refractivity contribution in [3.8, 4) is 17.2 Å². The Morgan fingerprint density at radius 1 is 0.839 bits per heavy atom. The number of para-hydroxylation sites is 1. The summed E-state index contributed by atoms with van der Waals surface area (Å²) in [4.78, 5) is 24.1. The van der Waals surface area contributed by atoms with Crippen molar-refractivity contribution < 1.29 is 19.1 Å². The highest BCUT2D eigenvalue weighted by atomic mass is 16.5. The molecule has 2 N–H and O–H groups in total. The Labute approximate surface area is 181 Å². The van der Waals surface area contributed by atoms with Gasteiger partial charge in [-0.1, -0.05) is 36.4 Å². The zero-order chi connectivity index (χ0) is 21.5. The maximum atomic E-state index is 12.2. The van der Waals surface area contributed by atoms with Crippen molar-refractivity contribution in [2.24, 2.45) is 5.92 Å². The minimum absolute atomic E-state index is 0.0355. The lowest BCUT2D eigenvalue weighted by Gasteiger charge is -2.10. The van der Waals surface area contributed by atoms with Crippen molar-refractivity contribution in [3.05, 3.63) is 84.4 Å². The van der Waals surface area contributed by atoms with Crippen LogP contribution >= 0.6 is 0 Å². The van der Waals surface area contributed by atoms with Gasteiger partial charge in [0, 0.05) is 24.2 Å². The average molecular weight is 416 g/mol. The zero-order valence-corrected chi connectivity index (χ0v) is 17.0. The van der Waals surface area contributed by atoms with Crippen LogP contribution in [0.2, 0.25) is 0 Å². The molecule has 158 valence electrons. The largest absolute Gasteiger partial charge is 0.484 e. The van der Waals surface area contributed by atoms with Crippen LogP contribution in [0.25, 0.3) is 0 Å².